The minimum Gasteiger partial charge on any atom is -0.478 e. The van der Waals surface area contributed by atoms with Crippen molar-refractivity contribution in [3.05, 3.63) is 59.1 Å². The maximum absolute atomic E-state index is 12.6. The van der Waals surface area contributed by atoms with Gasteiger partial charge in [0.25, 0.3) is 11.8 Å². The molecular weight excluding hydrogens is 397 g/mol. The van der Waals surface area contributed by atoms with Crippen LogP contribution in [0.25, 0.3) is 0 Å². The summed E-state index contributed by atoms with van der Waals surface area (Å²) in [6, 6.07) is 12.1. The van der Waals surface area contributed by atoms with E-state index in [-0.39, 0.29) is 11.3 Å². The standard InChI is InChI=1S/C19H18ClF3N2O3/c1-18(2,28-13-9-7-12(20)8-10-13)17(27)25-15-6-4-3-5-14(15)16(26)24-11-19(21,22)23/h3-10H,11H2,1-2H3,(H,24,26)(H,25,27). The number of hydrogen-bond donors (Lipinski definition) is 2. The summed E-state index contributed by atoms with van der Waals surface area (Å²) in [7, 11) is 0. The fourth-order valence-corrected chi connectivity index (χ4v) is 2.31. The Labute approximate surface area is 164 Å². The molecule has 9 heteroatoms. The van der Waals surface area contributed by atoms with Crippen molar-refractivity contribution in [1.82, 2.24) is 5.32 Å². The lowest BCUT2D eigenvalue weighted by atomic mass is 10.1. The van der Waals surface area contributed by atoms with Gasteiger partial charge in [-0.25, -0.2) is 0 Å². The average Bonchev–Trinajstić information content (AvgIpc) is 2.61. The van der Waals surface area contributed by atoms with Crippen LogP contribution in [0.2, 0.25) is 5.02 Å². The Balaban J connectivity index is 2.12. The summed E-state index contributed by atoms with van der Waals surface area (Å²) >= 11 is 5.81. The van der Waals surface area contributed by atoms with Crippen molar-refractivity contribution in [2.24, 2.45) is 0 Å². The van der Waals surface area contributed by atoms with Crippen molar-refractivity contribution in [2.45, 2.75) is 25.6 Å². The number of anilines is 1. The van der Waals surface area contributed by atoms with E-state index in [9.17, 15) is 22.8 Å². The van der Waals surface area contributed by atoms with Crippen LogP contribution in [-0.2, 0) is 4.79 Å². The van der Waals surface area contributed by atoms with Crippen LogP contribution in [0.1, 0.15) is 24.2 Å². The molecule has 0 aliphatic rings. The predicted octanol–water partition coefficient (Wildman–Crippen LogP) is 4.43. The number of amides is 2. The first-order chi connectivity index (χ1) is 13.0. The van der Waals surface area contributed by atoms with Crippen LogP contribution in [0.5, 0.6) is 5.75 Å². The zero-order valence-corrected chi connectivity index (χ0v) is 15.8. The van der Waals surface area contributed by atoms with Gasteiger partial charge in [0.1, 0.15) is 12.3 Å². The highest BCUT2D eigenvalue weighted by Gasteiger charge is 2.32. The van der Waals surface area contributed by atoms with Crippen molar-refractivity contribution in [3.8, 4) is 5.75 Å². The zero-order chi connectivity index (χ0) is 20.9. The Morgan fingerprint density at radius 1 is 1.04 bits per heavy atom. The second kappa shape index (κ2) is 8.52. The normalized spacial score (nSPS) is 11.6. The van der Waals surface area contributed by atoms with Gasteiger partial charge in [0.15, 0.2) is 5.60 Å². The van der Waals surface area contributed by atoms with Gasteiger partial charge in [0.2, 0.25) is 0 Å². The number of rotatable bonds is 6. The highest BCUT2D eigenvalue weighted by Crippen LogP contribution is 2.23. The van der Waals surface area contributed by atoms with E-state index in [0.717, 1.165) is 0 Å². The van der Waals surface area contributed by atoms with E-state index in [1.807, 2.05) is 0 Å². The van der Waals surface area contributed by atoms with Crippen molar-refractivity contribution >= 4 is 29.1 Å². The average molecular weight is 415 g/mol. The van der Waals surface area contributed by atoms with Gasteiger partial charge in [-0.05, 0) is 50.2 Å². The Kier molecular flexibility index (Phi) is 6.56. The van der Waals surface area contributed by atoms with Crippen LogP contribution in [0.3, 0.4) is 0 Å². The third-order valence-corrected chi connectivity index (χ3v) is 3.85. The molecule has 0 bridgehead atoms. The number of benzene rings is 2. The molecule has 0 aliphatic heterocycles. The van der Waals surface area contributed by atoms with Gasteiger partial charge in [-0.1, -0.05) is 23.7 Å². The maximum Gasteiger partial charge on any atom is 0.405 e. The summed E-state index contributed by atoms with van der Waals surface area (Å²) in [5.41, 5.74) is -1.36. The SMILES string of the molecule is CC(C)(Oc1ccc(Cl)cc1)C(=O)Nc1ccccc1C(=O)NCC(F)(F)F. The third-order valence-electron chi connectivity index (χ3n) is 3.60. The van der Waals surface area contributed by atoms with Gasteiger partial charge in [0.05, 0.1) is 11.3 Å². The van der Waals surface area contributed by atoms with Gasteiger partial charge in [-0.15, -0.1) is 0 Å². The van der Waals surface area contributed by atoms with E-state index in [4.69, 9.17) is 16.3 Å². The Hall–Kier alpha value is -2.74. The summed E-state index contributed by atoms with van der Waals surface area (Å²) in [5, 5.41) is 4.81. The Bertz CT molecular complexity index is 852. The first-order valence-corrected chi connectivity index (χ1v) is 8.56. The number of nitrogens with one attached hydrogen (secondary N) is 2. The molecule has 0 atom stereocenters. The van der Waals surface area contributed by atoms with E-state index in [0.29, 0.717) is 10.8 Å². The van der Waals surface area contributed by atoms with Crippen molar-refractivity contribution in [3.63, 3.8) is 0 Å². The summed E-state index contributed by atoms with van der Waals surface area (Å²) in [6.07, 6.45) is -4.54. The van der Waals surface area contributed by atoms with Gasteiger partial charge in [-0.3, -0.25) is 9.59 Å². The largest absolute Gasteiger partial charge is 0.478 e. The first kappa shape index (κ1) is 21.6. The molecule has 0 heterocycles. The van der Waals surface area contributed by atoms with E-state index in [1.54, 1.807) is 35.6 Å². The lowest BCUT2D eigenvalue weighted by Crippen LogP contribution is -2.43. The van der Waals surface area contributed by atoms with E-state index in [1.165, 1.54) is 32.0 Å². The number of para-hydroxylation sites is 1. The smallest absolute Gasteiger partial charge is 0.405 e. The molecule has 0 aliphatic carbocycles. The molecule has 2 amide bonds. The maximum atomic E-state index is 12.6. The van der Waals surface area contributed by atoms with Gasteiger partial charge >= 0.3 is 6.18 Å². The molecule has 2 N–H and O–H groups in total. The highest BCUT2D eigenvalue weighted by atomic mass is 35.5. The van der Waals surface area contributed by atoms with Crippen LogP contribution in [0.15, 0.2) is 48.5 Å². The topological polar surface area (TPSA) is 67.4 Å². The monoisotopic (exact) mass is 414 g/mol. The lowest BCUT2D eigenvalue weighted by Gasteiger charge is -2.26. The lowest BCUT2D eigenvalue weighted by molar-refractivity contribution is -0.128. The van der Waals surface area contributed by atoms with Crippen molar-refractivity contribution in [2.75, 3.05) is 11.9 Å². The molecular formula is C19H18ClF3N2O3. The molecule has 28 heavy (non-hydrogen) atoms. The van der Waals surface area contributed by atoms with E-state index >= 15 is 0 Å². The number of carbonyl (C=O) groups is 2. The zero-order valence-electron chi connectivity index (χ0n) is 15.1. The first-order valence-electron chi connectivity index (χ1n) is 8.18. The van der Waals surface area contributed by atoms with Crippen LogP contribution < -0.4 is 15.4 Å². The Morgan fingerprint density at radius 3 is 2.25 bits per heavy atom. The molecule has 2 rings (SSSR count). The second-order valence-corrected chi connectivity index (χ2v) is 6.80. The molecule has 0 saturated heterocycles. The van der Waals surface area contributed by atoms with Crippen LogP contribution in [-0.4, -0.2) is 30.1 Å². The fourth-order valence-electron chi connectivity index (χ4n) is 2.18. The van der Waals surface area contributed by atoms with E-state index in [2.05, 4.69) is 5.32 Å². The molecule has 5 nitrogen and oxygen atoms in total. The summed E-state index contributed by atoms with van der Waals surface area (Å²) in [4.78, 5) is 24.7. The summed E-state index contributed by atoms with van der Waals surface area (Å²) < 4.78 is 42.6. The molecule has 0 unspecified atom stereocenters. The molecule has 2 aromatic rings. The molecule has 0 aromatic heterocycles. The Morgan fingerprint density at radius 2 is 1.64 bits per heavy atom. The molecule has 2 aromatic carbocycles. The highest BCUT2D eigenvalue weighted by molar-refractivity contribution is 6.30. The van der Waals surface area contributed by atoms with Crippen LogP contribution in [0, 0.1) is 0 Å². The van der Waals surface area contributed by atoms with Crippen LogP contribution in [0.4, 0.5) is 18.9 Å². The second-order valence-electron chi connectivity index (χ2n) is 6.36. The number of carbonyl (C=O) groups excluding carboxylic acids is 2. The number of alkyl halides is 3. The molecule has 0 saturated carbocycles. The molecule has 0 radical (unpaired) electrons. The summed E-state index contributed by atoms with van der Waals surface area (Å²) in [6.45, 7) is 1.56. The van der Waals surface area contributed by atoms with Gasteiger partial charge in [-0.2, -0.15) is 13.2 Å². The molecule has 150 valence electrons. The quantitative estimate of drug-likeness (QED) is 0.735. The van der Waals surface area contributed by atoms with Gasteiger partial charge in [0, 0.05) is 5.02 Å². The van der Waals surface area contributed by atoms with Gasteiger partial charge < -0.3 is 15.4 Å². The number of halogens is 4. The van der Waals surface area contributed by atoms with Crippen molar-refractivity contribution < 1.29 is 27.5 Å². The predicted molar refractivity (Wildman–Crippen MR) is 99.6 cm³/mol. The fraction of sp³-hybridized carbons (Fsp3) is 0.263. The number of ether oxygens (including phenoxy) is 1. The molecule has 0 spiro atoms. The minimum absolute atomic E-state index is 0.0694. The third kappa shape index (κ3) is 6.16. The van der Waals surface area contributed by atoms with E-state index < -0.39 is 30.1 Å². The summed E-state index contributed by atoms with van der Waals surface area (Å²) in [5.74, 6) is -1.14. The van der Waals surface area contributed by atoms with Crippen LogP contribution >= 0.6 is 11.6 Å². The van der Waals surface area contributed by atoms with Crippen molar-refractivity contribution in [1.29, 1.82) is 0 Å². The molecule has 0 fully saturated rings. The number of hydrogen-bond acceptors (Lipinski definition) is 3. The minimum atomic E-state index is -4.54.